The molecule has 2 atom stereocenters. The SMILES string of the molecule is Cc1ccc(S(=O)(=O)N2CC(O)CC2C(=O)Nc2nc3ccccc3s2)cc1. The number of carbonyl (C=O) groups excluding carboxylic acids is 1. The first-order chi connectivity index (χ1) is 13.3. The van der Waals surface area contributed by atoms with Crippen LogP contribution >= 0.6 is 11.3 Å². The smallest absolute Gasteiger partial charge is 0.244 e. The van der Waals surface area contributed by atoms with Gasteiger partial charge in [-0.05, 0) is 31.2 Å². The van der Waals surface area contributed by atoms with Crippen LogP contribution in [0.1, 0.15) is 12.0 Å². The fourth-order valence-corrected chi connectivity index (χ4v) is 5.75. The molecule has 1 aliphatic heterocycles. The van der Waals surface area contributed by atoms with E-state index < -0.39 is 28.1 Å². The van der Waals surface area contributed by atoms with Crippen LogP contribution in [-0.4, -0.2) is 47.4 Å². The summed E-state index contributed by atoms with van der Waals surface area (Å²) in [6, 6.07) is 12.9. The first-order valence-electron chi connectivity index (χ1n) is 8.77. The number of aliphatic hydroxyl groups excluding tert-OH is 1. The number of aryl methyl sites for hydroxylation is 1. The molecule has 3 aromatic rings. The van der Waals surface area contributed by atoms with Gasteiger partial charge in [-0.3, -0.25) is 4.79 Å². The van der Waals surface area contributed by atoms with Gasteiger partial charge in [0.25, 0.3) is 0 Å². The van der Waals surface area contributed by atoms with Crippen molar-refractivity contribution in [2.75, 3.05) is 11.9 Å². The van der Waals surface area contributed by atoms with Crippen molar-refractivity contribution in [2.24, 2.45) is 0 Å². The van der Waals surface area contributed by atoms with Gasteiger partial charge in [-0.1, -0.05) is 41.2 Å². The minimum Gasteiger partial charge on any atom is -0.392 e. The summed E-state index contributed by atoms with van der Waals surface area (Å²) in [5.74, 6) is -0.494. The van der Waals surface area contributed by atoms with Crippen molar-refractivity contribution in [1.82, 2.24) is 9.29 Å². The topological polar surface area (TPSA) is 99.6 Å². The highest BCUT2D eigenvalue weighted by Gasteiger charge is 2.43. The highest BCUT2D eigenvalue weighted by molar-refractivity contribution is 7.89. The number of anilines is 1. The summed E-state index contributed by atoms with van der Waals surface area (Å²) in [6.45, 7) is 1.75. The van der Waals surface area contributed by atoms with Crippen LogP contribution in [0.4, 0.5) is 5.13 Å². The summed E-state index contributed by atoms with van der Waals surface area (Å²) in [7, 11) is -3.90. The molecule has 1 aliphatic rings. The standard InChI is InChI=1S/C19H19N3O4S2/c1-12-6-8-14(9-7-12)28(25,26)22-11-13(23)10-16(22)18(24)21-19-20-15-4-2-3-5-17(15)27-19/h2-9,13,16,23H,10-11H2,1H3,(H,20,21,24). The van der Waals surface area contributed by atoms with E-state index in [0.717, 1.165) is 20.1 Å². The number of fused-ring (bicyclic) bond motifs is 1. The summed E-state index contributed by atoms with van der Waals surface area (Å²) >= 11 is 1.32. The Morgan fingerprint density at radius 2 is 1.93 bits per heavy atom. The second kappa shape index (κ2) is 7.25. The fourth-order valence-electron chi connectivity index (χ4n) is 3.25. The normalized spacial score (nSPS) is 20.5. The lowest BCUT2D eigenvalue weighted by molar-refractivity contribution is -0.119. The molecule has 9 heteroatoms. The Morgan fingerprint density at radius 3 is 2.64 bits per heavy atom. The predicted molar refractivity (Wildman–Crippen MR) is 108 cm³/mol. The number of hydrogen-bond acceptors (Lipinski definition) is 6. The van der Waals surface area contributed by atoms with Gasteiger partial charge in [0.15, 0.2) is 5.13 Å². The molecule has 4 rings (SSSR count). The number of nitrogens with zero attached hydrogens (tertiary/aromatic N) is 2. The number of rotatable bonds is 4. The molecule has 0 spiro atoms. The quantitative estimate of drug-likeness (QED) is 0.679. The van der Waals surface area contributed by atoms with Crippen molar-refractivity contribution < 1.29 is 18.3 Å². The highest BCUT2D eigenvalue weighted by Crippen LogP contribution is 2.29. The van der Waals surface area contributed by atoms with E-state index in [0.29, 0.717) is 5.13 Å². The minimum atomic E-state index is -3.90. The number of thiazole rings is 1. The van der Waals surface area contributed by atoms with Crippen molar-refractivity contribution in [3.8, 4) is 0 Å². The summed E-state index contributed by atoms with van der Waals surface area (Å²) in [5, 5.41) is 13.2. The second-order valence-corrected chi connectivity index (χ2v) is 9.69. The average molecular weight is 418 g/mol. The van der Waals surface area contributed by atoms with E-state index in [1.165, 1.54) is 23.5 Å². The van der Waals surface area contributed by atoms with Gasteiger partial charge in [0, 0.05) is 13.0 Å². The molecule has 0 radical (unpaired) electrons. The van der Waals surface area contributed by atoms with Gasteiger partial charge < -0.3 is 10.4 Å². The van der Waals surface area contributed by atoms with Crippen LogP contribution < -0.4 is 5.32 Å². The Bertz CT molecular complexity index is 1090. The number of nitrogens with one attached hydrogen (secondary N) is 1. The third kappa shape index (κ3) is 3.53. The van der Waals surface area contributed by atoms with Crippen LogP contribution in [0.15, 0.2) is 53.4 Å². The van der Waals surface area contributed by atoms with Gasteiger partial charge in [0.05, 0.1) is 21.2 Å². The van der Waals surface area contributed by atoms with Crippen LogP contribution in [0.3, 0.4) is 0 Å². The first kappa shape index (κ1) is 19.0. The van der Waals surface area contributed by atoms with Crippen molar-refractivity contribution in [3.05, 3.63) is 54.1 Å². The molecular weight excluding hydrogens is 398 g/mol. The maximum Gasteiger partial charge on any atom is 0.244 e. The molecule has 1 fully saturated rings. The fraction of sp³-hybridized carbons (Fsp3) is 0.263. The average Bonchev–Trinajstić information content (AvgIpc) is 3.25. The molecule has 0 saturated carbocycles. The zero-order chi connectivity index (χ0) is 19.9. The molecule has 146 valence electrons. The van der Waals surface area contributed by atoms with E-state index in [1.54, 1.807) is 12.1 Å². The van der Waals surface area contributed by atoms with Crippen molar-refractivity contribution in [1.29, 1.82) is 0 Å². The van der Waals surface area contributed by atoms with E-state index in [4.69, 9.17) is 0 Å². The monoisotopic (exact) mass is 417 g/mol. The van der Waals surface area contributed by atoms with Gasteiger partial charge in [0.2, 0.25) is 15.9 Å². The molecule has 1 aromatic heterocycles. The maximum atomic E-state index is 13.0. The number of hydrogen-bond donors (Lipinski definition) is 2. The second-order valence-electron chi connectivity index (χ2n) is 6.77. The van der Waals surface area contributed by atoms with E-state index in [1.807, 2.05) is 31.2 Å². The summed E-state index contributed by atoms with van der Waals surface area (Å²) in [5.41, 5.74) is 1.70. The molecule has 2 unspecified atom stereocenters. The summed E-state index contributed by atoms with van der Waals surface area (Å²) < 4.78 is 28.0. The molecule has 7 nitrogen and oxygen atoms in total. The number of aliphatic hydroxyl groups is 1. The van der Waals surface area contributed by atoms with Crippen molar-refractivity contribution >= 4 is 42.6 Å². The lowest BCUT2D eigenvalue weighted by Gasteiger charge is -2.22. The molecule has 0 aliphatic carbocycles. The van der Waals surface area contributed by atoms with Gasteiger partial charge in [-0.15, -0.1) is 0 Å². The Labute approximate surface area is 166 Å². The van der Waals surface area contributed by atoms with Crippen molar-refractivity contribution in [3.63, 3.8) is 0 Å². The molecule has 2 aromatic carbocycles. The number of sulfonamides is 1. The van der Waals surface area contributed by atoms with Crippen LogP contribution in [0.5, 0.6) is 0 Å². The van der Waals surface area contributed by atoms with Gasteiger partial charge in [-0.25, -0.2) is 13.4 Å². The number of aromatic nitrogens is 1. The molecular formula is C19H19N3O4S2. The number of amides is 1. The van der Waals surface area contributed by atoms with Crippen molar-refractivity contribution in [2.45, 2.75) is 30.4 Å². The van der Waals surface area contributed by atoms with Gasteiger partial charge in [0.1, 0.15) is 6.04 Å². The van der Waals surface area contributed by atoms with E-state index in [9.17, 15) is 18.3 Å². The van der Waals surface area contributed by atoms with E-state index in [-0.39, 0.29) is 17.9 Å². The third-order valence-electron chi connectivity index (χ3n) is 4.69. The Kier molecular flexibility index (Phi) is 4.92. The first-order valence-corrected chi connectivity index (χ1v) is 11.0. The van der Waals surface area contributed by atoms with Crippen LogP contribution in [-0.2, 0) is 14.8 Å². The molecule has 0 bridgehead atoms. The zero-order valence-electron chi connectivity index (χ0n) is 15.1. The lowest BCUT2D eigenvalue weighted by Crippen LogP contribution is -2.43. The molecule has 28 heavy (non-hydrogen) atoms. The van der Waals surface area contributed by atoms with Crippen LogP contribution in [0.2, 0.25) is 0 Å². The highest BCUT2D eigenvalue weighted by atomic mass is 32.2. The number of para-hydroxylation sites is 1. The zero-order valence-corrected chi connectivity index (χ0v) is 16.7. The van der Waals surface area contributed by atoms with Crippen LogP contribution in [0, 0.1) is 6.92 Å². The number of β-amino-alcohol motifs (C(OH)–C–C–N with tert-alkyl or cyclic N) is 1. The number of benzene rings is 2. The van der Waals surface area contributed by atoms with Gasteiger partial charge in [-0.2, -0.15) is 4.31 Å². The summed E-state index contributed by atoms with van der Waals surface area (Å²) in [6.07, 6.45) is -0.853. The van der Waals surface area contributed by atoms with E-state index in [2.05, 4.69) is 10.3 Å². The summed E-state index contributed by atoms with van der Waals surface area (Å²) in [4.78, 5) is 17.3. The Morgan fingerprint density at radius 1 is 1.21 bits per heavy atom. The Balaban J connectivity index is 1.59. The third-order valence-corrected chi connectivity index (χ3v) is 7.53. The molecule has 1 amide bonds. The van der Waals surface area contributed by atoms with Crippen LogP contribution in [0.25, 0.3) is 10.2 Å². The number of carbonyl (C=O) groups is 1. The molecule has 2 N–H and O–H groups in total. The van der Waals surface area contributed by atoms with Gasteiger partial charge >= 0.3 is 0 Å². The lowest BCUT2D eigenvalue weighted by atomic mass is 10.2. The molecule has 1 saturated heterocycles. The largest absolute Gasteiger partial charge is 0.392 e. The molecule has 2 heterocycles. The predicted octanol–water partition coefficient (Wildman–Crippen LogP) is 2.37. The maximum absolute atomic E-state index is 13.0. The Hall–Kier alpha value is -2.33. The van der Waals surface area contributed by atoms with E-state index >= 15 is 0 Å². The minimum absolute atomic E-state index is 0.0435.